The summed E-state index contributed by atoms with van der Waals surface area (Å²) in [5.41, 5.74) is 2.89. The number of piperidine rings is 1. The Morgan fingerprint density at radius 3 is 2.85 bits per heavy atom. The fourth-order valence-electron chi connectivity index (χ4n) is 7.39. The van der Waals surface area contributed by atoms with E-state index < -0.39 is 17.1 Å². The van der Waals surface area contributed by atoms with E-state index in [1.54, 1.807) is 7.11 Å². The molecule has 6 rings (SSSR count). The highest BCUT2D eigenvalue weighted by atomic mass is 16.5. The van der Waals surface area contributed by atoms with Crippen molar-refractivity contribution in [1.82, 2.24) is 4.90 Å². The average Bonchev–Trinajstić information content (AvgIpc) is 3.22. The van der Waals surface area contributed by atoms with Gasteiger partial charge in [0, 0.05) is 37.7 Å². The lowest BCUT2D eigenvalue weighted by atomic mass is 9.48. The molecule has 2 fully saturated rings. The van der Waals surface area contributed by atoms with Crippen molar-refractivity contribution in [3.63, 3.8) is 0 Å². The molecule has 34 heavy (non-hydrogen) atoms. The number of ketones is 1. The quantitative estimate of drug-likeness (QED) is 0.436. The number of benzene rings is 2. The third kappa shape index (κ3) is 2.89. The van der Waals surface area contributed by atoms with Crippen molar-refractivity contribution in [2.24, 2.45) is 0 Å². The smallest absolute Gasteiger partial charge is 0.174 e. The number of hydrogen-bond donors (Lipinski definition) is 0. The molecular formula is C29H33NO4. The minimum atomic E-state index is -0.492. The number of carbonyl (C=O) groups excluding carboxylic acids is 1. The SMILES string of the molecule is C=CCN1CC[C@]23c4c5ccc(OC)c4O[C@H]2C(=O)CC[C@@]3(OCCCc2ccccc2)C1C5. The van der Waals surface area contributed by atoms with Gasteiger partial charge in [0.1, 0.15) is 0 Å². The number of methoxy groups -OCH3 is 1. The van der Waals surface area contributed by atoms with Gasteiger partial charge in [-0.25, -0.2) is 0 Å². The fraction of sp³-hybridized carbons (Fsp3) is 0.483. The average molecular weight is 460 g/mol. The van der Waals surface area contributed by atoms with Gasteiger partial charge in [0.15, 0.2) is 23.4 Å². The van der Waals surface area contributed by atoms with Crippen LogP contribution in [0.5, 0.6) is 11.5 Å². The van der Waals surface area contributed by atoms with Crippen LogP contribution >= 0.6 is 0 Å². The van der Waals surface area contributed by atoms with Crippen LogP contribution in [0.25, 0.3) is 0 Å². The summed E-state index contributed by atoms with van der Waals surface area (Å²) in [6, 6.07) is 14.9. The molecule has 2 heterocycles. The third-order valence-electron chi connectivity index (χ3n) is 8.71. The Morgan fingerprint density at radius 2 is 2.06 bits per heavy atom. The topological polar surface area (TPSA) is 48.0 Å². The van der Waals surface area contributed by atoms with Gasteiger partial charge in [-0.3, -0.25) is 9.69 Å². The third-order valence-corrected chi connectivity index (χ3v) is 8.71. The summed E-state index contributed by atoms with van der Waals surface area (Å²) in [7, 11) is 1.68. The summed E-state index contributed by atoms with van der Waals surface area (Å²) in [6.45, 7) is 6.43. The molecule has 0 aromatic heterocycles. The zero-order chi connectivity index (χ0) is 23.3. The van der Waals surface area contributed by atoms with E-state index in [0.29, 0.717) is 13.0 Å². The summed E-state index contributed by atoms with van der Waals surface area (Å²) in [4.78, 5) is 15.9. The van der Waals surface area contributed by atoms with Gasteiger partial charge in [-0.2, -0.15) is 0 Å². The van der Waals surface area contributed by atoms with Crippen LogP contribution in [-0.4, -0.2) is 55.2 Å². The molecule has 1 unspecified atom stereocenters. The van der Waals surface area contributed by atoms with E-state index in [-0.39, 0.29) is 11.8 Å². The maximum absolute atomic E-state index is 13.3. The highest BCUT2D eigenvalue weighted by Gasteiger charge is 2.74. The van der Waals surface area contributed by atoms with Gasteiger partial charge in [0.25, 0.3) is 0 Å². The van der Waals surface area contributed by atoms with E-state index in [0.717, 1.165) is 56.7 Å². The number of likely N-dealkylation sites (tertiary alicyclic amines) is 1. The number of carbonyl (C=O) groups is 1. The Morgan fingerprint density at radius 1 is 1.21 bits per heavy atom. The number of aryl methyl sites for hydroxylation is 1. The lowest BCUT2D eigenvalue weighted by molar-refractivity contribution is -0.212. The highest BCUT2D eigenvalue weighted by Crippen LogP contribution is 2.66. The molecule has 4 atom stereocenters. The zero-order valence-electron chi connectivity index (χ0n) is 19.9. The highest BCUT2D eigenvalue weighted by molar-refractivity contribution is 5.90. The number of rotatable bonds is 8. The fourth-order valence-corrected chi connectivity index (χ4v) is 7.39. The van der Waals surface area contributed by atoms with Gasteiger partial charge in [0.2, 0.25) is 0 Å². The molecule has 5 heteroatoms. The van der Waals surface area contributed by atoms with Gasteiger partial charge < -0.3 is 14.2 Å². The molecule has 2 aliphatic carbocycles. The lowest BCUT2D eigenvalue weighted by Crippen LogP contribution is -2.77. The van der Waals surface area contributed by atoms with Gasteiger partial charge in [-0.05, 0) is 49.3 Å². The van der Waals surface area contributed by atoms with E-state index in [1.165, 1.54) is 16.7 Å². The first kappa shape index (κ1) is 21.9. The van der Waals surface area contributed by atoms with E-state index in [9.17, 15) is 4.79 Å². The monoisotopic (exact) mass is 459 g/mol. The summed E-state index contributed by atoms with van der Waals surface area (Å²) < 4.78 is 19.3. The summed E-state index contributed by atoms with van der Waals surface area (Å²) >= 11 is 0. The summed E-state index contributed by atoms with van der Waals surface area (Å²) in [5.74, 6) is 1.69. The van der Waals surface area contributed by atoms with E-state index in [1.807, 2.05) is 12.1 Å². The summed E-state index contributed by atoms with van der Waals surface area (Å²) in [5, 5.41) is 0. The molecule has 1 saturated carbocycles. The predicted octanol–water partition coefficient (Wildman–Crippen LogP) is 4.26. The predicted molar refractivity (Wildman–Crippen MR) is 131 cm³/mol. The van der Waals surface area contributed by atoms with Gasteiger partial charge in [-0.1, -0.05) is 42.5 Å². The first-order chi connectivity index (χ1) is 16.6. The second-order valence-corrected chi connectivity index (χ2v) is 10.1. The van der Waals surface area contributed by atoms with Crippen LogP contribution in [0.3, 0.4) is 0 Å². The van der Waals surface area contributed by atoms with Crippen molar-refractivity contribution >= 4 is 5.78 Å². The van der Waals surface area contributed by atoms with Crippen LogP contribution in [0.4, 0.5) is 0 Å². The molecular weight excluding hydrogens is 426 g/mol. The molecule has 2 bridgehead atoms. The second-order valence-electron chi connectivity index (χ2n) is 10.1. The molecule has 0 N–H and O–H groups in total. The molecule has 4 aliphatic rings. The number of nitrogens with zero attached hydrogens (tertiary/aromatic N) is 1. The van der Waals surface area contributed by atoms with Crippen molar-refractivity contribution in [2.45, 2.75) is 61.7 Å². The Bertz CT molecular complexity index is 1110. The number of ether oxygens (including phenoxy) is 3. The normalized spacial score (nSPS) is 31.0. The van der Waals surface area contributed by atoms with E-state index in [2.05, 4.69) is 47.9 Å². The standard InChI is InChI=1S/C29H33NO4/c1-3-16-30-17-15-28-25-21-11-12-23(32-2)26(25)34-27(28)22(31)13-14-29(28,24(30)19-21)33-18-7-10-20-8-5-4-6-9-20/h3-6,8-9,11-12,24,27H,1,7,10,13-19H2,2H3/t24?,27-,28-,29+/m0/s1. The molecule has 2 aliphatic heterocycles. The zero-order valence-corrected chi connectivity index (χ0v) is 19.9. The van der Waals surface area contributed by atoms with E-state index in [4.69, 9.17) is 14.2 Å². The first-order valence-corrected chi connectivity index (χ1v) is 12.6. The van der Waals surface area contributed by atoms with Gasteiger partial charge in [0.05, 0.1) is 18.1 Å². The molecule has 1 saturated heterocycles. The van der Waals surface area contributed by atoms with Crippen LogP contribution in [-0.2, 0) is 27.8 Å². The first-order valence-electron chi connectivity index (χ1n) is 12.6. The molecule has 5 nitrogen and oxygen atoms in total. The number of Topliss-reactive ketones (excluding diaryl/α,β-unsaturated/α-hetero) is 1. The van der Waals surface area contributed by atoms with Gasteiger partial charge >= 0.3 is 0 Å². The summed E-state index contributed by atoms with van der Waals surface area (Å²) in [6.07, 6.45) is 6.42. The molecule has 0 radical (unpaired) electrons. The molecule has 2 aromatic carbocycles. The van der Waals surface area contributed by atoms with E-state index >= 15 is 0 Å². The van der Waals surface area contributed by atoms with Crippen molar-refractivity contribution in [1.29, 1.82) is 0 Å². The maximum Gasteiger partial charge on any atom is 0.174 e. The Hall–Kier alpha value is -2.63. The van der Waals surface area contributed by atoms with Crippen molar-refractivity contribution < 1.29 is 19.0 Å². The van der Waals surface area contributed by atoms with Crippen LogP contribution < -0.4 is 9.47 Å². The molecule has 2 aromatic rings. The van der Waals surface area contributed by atoms with Crippen molar-refractivity contribution in [3.8, 4) is 11.5 Å². The van der Waals surface area contributed by atoms with Crippen molar-refractivity contribution in [3.05, 3.63) is 71.8 Å². The van der Waals surface area contributed by atoms with Crippen LogP contribution in [0.2, 0.25) is 0 Å². The van der Waals surface area contributed by atoms with Crippen LogP contribution in [0, 0.1) is 0 Å². The Labute approximate surface area is 201 Å². The molecule has 0 amide bonds. The van der Waals surface area contributed by atoms with Crippen LogP contribution in [0.15, 0.2) is 55.1 Å². The van der Waals surface area contributed by atoms with Gasteiger partial charge in [-0.15, -0.1) is 6.58 Å². The largest absolute Gasteiger partial charge is 0.493 e. The number of hydrogen-bond acceptors (Lipinski definition) is 5. The molecule has 1 spiro atoms. The maximum atomic E-state index is 13.3. The second kappa shape index (κ2) is 8.24. The van der Waals surface area contributed by atoms with Crippen molar-refractivity contribution in [2.75, 3.05) is 26.8 Å². The minimum Gasteiger partial charge on any atom is -0.493 e. The Balaban J connectivity index is 1.42. The Kier molecular flexibility index (Phi) is 5.30. The van der Waals surface area contributed by atoms with Crippen LogP contribution in [0.1, 0.15) is 42.4 Å². The molecule has 178 valence electrons. The lowest BCUT2D eigenvalue weighted by Gasteiger charge is -2.64. The minimum absolute atomic E-state index is 0.196.